The molecule has 7 heteroatoms. The Balaban J connectivity index is 2.13. The molecule has 1 amide bonds. The van der Waals surface area contributed by atoms with Gasteiger partial charge in [0.1, 0.15) is 0 Å². The standard InChI is InChI=1S/C13H11FN2O3S/c14-11-4-3-8(7-15-11)13(19)16-9(6-12(17)18)10-2-1-5-20-10/h1-5,7,9H,6H2,(H,16,19)(H,17,18). The van der Waals surface area contributed by atoms with E-state index < -0.39 is 23.9 Å². The number of rotatable bonds is 5. The first-order valence-electron chi connectivity index (χ1n) is 5.74. The van der Waals surface area contributed by atoms with Crippen LogP contribution in [0.5, 0.6) is 0 Å². The van der Waals surface area contributed by atoms with Gasteiger partial charge < -0.3 is 10.4 Å². The van der Waals surface area contributed by atoms with Crippen LogP contribution in [-0.4, -0.2) is 22.0 Å². The first-order chi connectivity index (χ1) is 9.56. The molecule has 5 nitrogen and oxygen atoms in total. The minimum absolute atomic E-state index is 0.179. The largest absolute Gasteiger partial charge is 0.481 e. The third kappa shape index (κ3) is 3.61. The summed E-state index contributed by atoms with van der Waals surface area (Å²) in [5.74, 6) is -2.18. The van der Waals surface area contributed by atoms with Crippen LogP contribution in [0.25, 0.3) is 0 Å². The van der Waals surface area contributed by atoms with Crippen molar-refractivity contribution in [2.45, 2.75) is 12.5 Å². The molecule has 0 bridgehead atoms. The van der Waals surface area contributed by atoms with Crippen molar-refractivity contribution in [3.05, 3.63) is 52.2 Å². The molecule has 0 fully saturated rings. The van der Waals surface area contributed by atoms with Gasteiger partial charge in [0.05, 0.1) is 18.0 Å². The van der Waals surface area contributed by atoms with E-state index in [9.17, 15) is 14.0 Å². The molecule has 2 heterocycles. The van der Waals surface area contributed by atoms with E-state index in [2.05, 4.69) is 10.3 Å². The summed E-state index contributed by atoms with van der Waals surface area (Å²) in [6, 6.07) is 5.28. The van der Waals surface area contributed by atoms with E-state index in [-0.39, 0.29) is 12.0 Å². The Morgan fingerprint density at radius 3 is 2.75 bits per heavy atom. The molecule has 0 radical (unpaired) electrons. The molecule has 0 aliphatic carbocycles. The number of thiophene rings is 1. The van der Waals surface area contributed by atoms with Crippen molar-refractivity contribution in [1.29, 1.82) is 0 Å². The molecule has 2 N–H and O–H groups in total. The summed E-state index contributed by atoms with van der Waals surface area (Å²) in [7, 11) is 0. The number of carbonyl (C=O) groups excluding carboxylic acids is 1. The second-order valence-corrected chi connectivity index (χ2v) is 4.99. The Morgan fingerprint density at radius 2 is 2.20 bits per heavy atom. The van der Waals surface area contributed by atoms with Crippen LogP contribution < -0.4 is 5.32 Å². The second-order valence-electron chi connectivity index (χ2n) is 4.01. The van der Waals surface area contributed by atoms with Crippen molar-refractivity contribution in [1.82, 2.24) is 10.3 Å². The van der Waals surface area contributed by atoms with Gasteiger partial charge >= 0.3 is 5.97 Å². The number of carboxylic acid groups (broad SMARTS) is 1. The van der Waals surface area contributed by atoms with Gasteiger partial charge in [-0.2, -0.15) is 4.39 Å². The van der Waals surface area contributed by atoms with Gasteiger partial charge in [0.15, 0.2) is 0 Å². The van der Waals surface area contributed by atoms with Gasteiger partial charge in [0.2, 0.25) is 5.95 Å². The molecule has 2 aromatic rings. The number of nitrogens with zero attached hydrogens (tertiary/aromatic N) is 1. The van der Waals surface area contributed by atoms with E-state index in [1.54, 1.807) is 17.5 Å². The van der Waals surface area contributed by atoms with Gasteiger partial charge in [-0.3, -0.25) is 9.59 Å². The quantitative estimate of drug-likeness (QED) is 0.829. The maximum atomic E-state index is 12.7. The average molecular weight is 294 g/mol. The van der Waals surface area contributed by atoms with E-state index in [1.165, 1.54) is 17.4 Å². The first kappa shape index (κ1) is 14.1. The number of nitrogens with one attached hydrogen (secondary N) is 1. The topological polar surface area (TPSA) is 79.3 Å². The first-order valence-corrected chi connectivity index (χ1v) is 6.62. The smallest absolute Gasteiger partial charge is 0.305 e. The maximum Gasteiger partial charge on any atom is 0.305 e. The number of pyridine rings is 1. The summed E-state index contributed by atoms with van der Waals surface area (Å²) in [4.78, 5) is 27.0. The molecule has 0 aliphatic heterocycles. The van der Waals surface area contributed by atoms with Crippen molar-refractivity contribution < 1.29 is 19.1 Å². The van der Waals surface area contributed by atoms with Gasteiger partial charge in [-0.25, -0.2) is 4.98 Å². The highest BCUT2D eigenvalue weighted by atomic mass is 32.1. The van der Waals surface area contributed by atoms with Crippen LogP contribution in [-0.2, 0) is 4.79 Å². The Bertz CT molecular complexity index is 599. The average Bonchev–Trinajstić information content (AvgIpc) is 2.92. The number of hydrogen-bond donors (Lipinski definition) is 2. The van der Waals surface area contributed by atoms with Crippen LogP contribution in [0.2, 0.25) is 0 Å². The zero-order valence-electron chi connectivity index (χ0n) is 10.2. The number of carboxylic acids is 1. The minimum Gasteiger partial charge on any atom is -0.481 e. The molecular weight excluding hydrogens is 283 g/mol. The fraction of sp³-hybridized carbons (Fsp3) is 0.154. The number of amides is 1. The highest BCUT2D eigenvalue weighted by molar-refractivity contribution is 7.10. The van der Waals surface area contributed by atoms with Crippen LogP contribution in [0.4, 0.5) is 4.39 Å². The highest BCUT2D eigenvalue weighted by Crippen LogP contribution is 2.22. The lowest BCUT2D eigenvalue weighted by Gasteiger charge is -2.15. The Kier molecular flexibility index (Phi) is 4.41. The van der Waals surface area contributed by atoms with Crippen LogP contribution in [0.3, 0.4) is 0 Å². The van der Waals surface area contributed by atoms with E-state index in [0.717, 1.165) is 17.1 Å². The van der Waals surface area contributed by atoms with Crippen LogP contribution in [0.15, 0.2) is 35.8 Å². The predicted octanol–water partition coefficient (Wildman–Crippen LogP) is 2.23. The van der Waals surface area contributed by atoms with Crippen molar-refractivity contribution >= 4 is 23.2 Å². The number of aliphatic carboxylic acids is 1. The maximum absolute atomic E-state index is 12.7. The molecule has 0 spiro atoms. The Labute approximate surface area is 118 Å². The van der Waals surface area contributed by atoms with E-state index in [4.69, 9.17) is 5.11 Å². The Hall–Kier alpha value is -2.28. The van der Waals surface area contributed by atoms with Crippen molar-refractivity contribution in [3.63, 3.8) is 0 Å². The van der Waals surface area contributed by atoms with Crippen molar-refractivity contribution in [2.75, 3.05) is 0 Å². The van der Waals surface area contributed by atoms with E-state index in [1.807, 2.05) is 0 Å². The van der Waals surface area contributed by atoms with Crippen molar-refractivity contribution in [3.8, 4) is 0 Å². The normalized spacial score (nSPS) is 11.8. The van der Waals surface area contributed by atoms with Gasteiger partial charge in [-0.15, -0.1) is 11.3 Å². The van der Waals surface area contributed by atoms with E-state index in [0.29, 0.717) is 0 Å². The zero-order valence-corrected chi connectivity index (χ0v) is 11.1. The number of hydrogen-bond acceptors (Lipinski definition) is 4. The molecule has 1 unspecified atom stereocenters. The van der Waals surface area contributed by atoms with Gasteiger partial charge in [-0.05, 0) is 23.6 Å². The van der Waals surface area contributed by atoms with Crippen molar-refractivity contribution in [2.24, 2.45) is 0 Å². The van der Waals surface area contributed by atoms with Gasteiger partial charge in [0, 0.05) is 11.1 Å². The van der Waals surface area contributed by atoms with Crippen LogP contribution in [0, 0.1) is 5.95 Å². The molecule has 0 aliphatic rings. The lowest BCUT2D eigenvalue weighted by Crippen LogP contribution is -2.29. The summed E-state index contributed by atoms with van der Waals surface area (Å²) in [5.41, 5.74) is 0.179. The predicted molar refractivity (Wildman–Crippen MR) is 71.0 cm³/mol. The number of carbonyl (C=O) groups is 2. The number of halogens is 1. The summed E-state index contributed by atoms with van der Waals surface area (Å²) in [6.07, 6.45) is 0.887. The van der Waals surface area contributed by atoms with Gasteiger partial charge in [-0.1, -0.05) is 6.07 Å². The molecule has 0 saturated heterocycles. The lowest BCUT2D eigenvalue weighted by atomic mass is 10.1. The summed E-state index contributed by atoms with van der Waals surface area (Å²) in [6.45, 7) is 0. The summed E-state index contributed by atoms with van der Waals surface area (Å²) in [5, 5.41) is 13.3. The third-order valence-corrected chi connectivity index (χ3v) is 3.55. The minimum atomic E-state index is -1.01. The molecule has 104 valence electrons. The lowest BCUT2D eigenvalue weighted by molar-refractivity contribution is -0.137. The van der Waals surface area contributed by atoms with Crippen LogP contribution in [0.1, 0.15) is 27.7 Å². The van der Waals surface area contributed by atoms with Gasteiger partial charge in [0.25, 0.3) is 5.91 Å². The van der Waals surface area contributed by atoms with E-state index >= 15 is 0 Å². The Morgan fingerprint density at radius 1 is 1.40 bits per heavy atom. The fourth-order valence-corrected chi connectivity index (χ4v) is 2.42. The summed E-state index contributed by atoms with van der Waals surface area (Å²) >= 11 is 1.36. The number of aromatic nitrogens is 1. The fourth-order valence-electron chi connectivity index (χ4n) is 1.64. The summed E-state index contributed by atoms with van der Waals surface area (Å²) < 4.78 is 12.7. The monoisotopic (exact) mass is 294 g/mol. The van der Waals surface area contributed by atoms with Crippen LogP contribution >= 0.6 is 11.3 Å². The zero-order chi connectivity index (χ0) is 14.5. The molecule has 0 aromatic carbocycles. The molecule has 20 heavy (non-hydrogen) atoms. The molecule has 2 aromatic heterocycles. The molecule has 2 rings (SSSR count). The third-order valence-electron chi connectivity index (χ3n) is 2.56. The SMILES string of the molecule is O=C(O)CC(NC(=O)c1ccc(F)nc1)c1cccs1. The molecular formula is C13H11FN2O3S. The molecule has 1 atom stereocenters. The highest BCUT2D eigenvalue weighted by Gasteiger charge is 2.19. The second kappa shape index (κ2) is 6.25. The molecule has 0 saturated carbocycles.